The molecule has 9 rings (SSSR count). The van der Waals surface area contributed by atoms with Crippen LogP contribution in [0.3, 0.4) is 0 Å². The molecule has 0 aliphatic rings. The highest BCUT2D eigenvalue weighted by atomic mass is 15.1. The summed E-state index contributed by atoms with van der Waals surface area (Å²) in [6.45, 7) is 0. The van der Waals surface area contributed by atoms with Crippen LogP contribution < -0.4 is 4.90 Å². The fraction of sp³-hybridized carbons (Fsp3) is 0. The van der Waals surface area contributed by atoms with Gasteiger partial charge >= 0.3 is 0 Å². The van der Waals surface area contributed by atoms with E-state index < -0.39 is 0 Å². The summed E-state index contributed by atoms with van der Waals surface area (Å²) >= 11 is 0. The van der Waals surface area contributed by atoms with Crippen molar-refractivity contribution in [3.8, 4) is 55.6 Å². The minimum absolute atomic E-state index is 1.10. The first kappa shape index (κ1) is 32.0. The van der Waals surface area contributed by atoms with Crippen molar-refractivity contribution in [2.24, 2.45) is 0 Å². The summed E-state index contributed by atoms with van der Waals surface area (Å²) in [6, 6.07) is 80.8. The molecule has 0 saturated heterocycles. The zero-order valence-electron chi connectivity index (χ0n) is 29.3. The molecule has 0 aliphatic carbocycles. The van der Waals surface area contributed by atoms with Crippen LogP contribution in [0.5, 0.6) is 0 Å². The van der Waals surface area contributed by atoms with Gasteiger partial charge in [0.15, 0.2) is 0 Å². The van der Waals surface area contributed by atoms with Crippen molar-refractivity contribution >= 4 is 27.8 Å². The van der Waals surface area contributed by atoms with Crippen LogP contribution in [0.15, 0.2) is 224 Å². The van der Waals surface area contributed by atoms with Crippen LogP contribution in [-0.2, 0) is 0 Å². The van der Waals surface area contributed by atoms with Crippen molar-refractivity contribution in [1.29, 1.82) is 0 Å². The maximum atomic E-state index is 2.36. The van der Waals surface area contributed by atoms with E-state index in [0.29, 0.717) is 0 Å². The Hall–Kier alpha value is -6.96. The van der Waals surface area contributed by atoms with Crippen molar-refractivity contribution in [3.63, 3.8) is 0 Å². The minimum atomic E-state index is 1.10. The first-order valence-corrected chi connectivity index (χ1v) is 18.2. The van der Waals surface area contributed by atoms with Gasteiger partial charge in [-0.2, -0.15) is 0 Å². The average Bonchev–Trinajstić information content (AvgIpc) is 3.25. The summed E-state index contributed by atoms with van der Waals surface area (Å²) in [4.78, 5) is 2.36. The second-order valence-corrected chi connectivity index (χ2v) is 13.4. The molecule has 0 radical (unpaired) electrons. The Morgan fingerprint density at radius 1 is 0.208 bits per heavy atom. The first-order chi connectivity index (χ1) is 26.3. The first-order valence-electron chi connectivity index (χ1n) is 18.2. The van der Waals surface area contributed by atoms with E-state index in [9.17, 15) is 0 Å². The maximum Gasteiger partial charge on any atom is 0.0467 e. The standard InChI is InChI=1S/C52H37N/c1-3-13-38(14-4-1)44-19-11-20-45(35-44)40-27-31-48(32-28-40)53(50-22-12-21-46(37-50)47-26-25-39-15-7-8-18-43(39)36-47)49-33-29-42(30-34-49)52-24-10-9-23-51(52)41-16-5-2-6-17-41/h1-37H. The highest BCUT2D eigenvalue weighted by Crippen LogP contribution is 2.40. The van der Waals surface area contributed by atoms with Gasteiger partial charge in [-0.1, -0.05) is 176 Å². The molecule has 1 heteroatoms. The number of rotatable bonds is 8. The number of benzene rings is 9. The molecular formula is C52H37N. The van der Waals surface area contributed by atoms with Crippen LogP contribution in [0.2, 0.25) is 0 Å². The van der Waals surface area contributed by atoms with Gasteiger partial charge in [0.1, 0.15) is 0 Å². The largest absolute Gasteiger partial charge is 0.310 e. The summed E-state index contributed by atoms with van der Waals surface area (Å²) in [5.41, 5.74) is 15.4. The molecule has 0 fully saturated rings. The predicted molar refractivity (Wildman–Crippen MR) is 226 cm³/mol. The lowest BCUT2D eigenvalue weighted by molar-refractivity contribution is 1.28. The fourth-order valence-electron chi connectivity index (χ4n) is 7.35. The normalized spacial score (nSPS) is 11.0. The molecule has 0 aromatic heterocycles. The lowest BCUT2D eigenvalue weighted by Gasteiger charge is -2.26. The Labute approximate surface area is 311 Å². The second kappa shape index (κ2) is 14.3. The second-order valence-electron chi connectivity index (χ2n) is 13.4. The third-order valence-electron chi connectivity index (χ3n) is 10.1. The van der Waals surface area contributed by atoms with Gasteiger partial charge in [0.25, 0.3) is 0 Å². The molecule has 0 unspecified atom stereocenters. The summed E-state index contributed by atoms with van der Waals surface area (Å²) in [6.07, 6.45) is 0. The Balaban J connectivity index is 1.11. The molecular weight excluding hydrogens is 639 g/mol. The molecule has 0 bridgehead atoms. The predicted octanol–water partition coefficient (Wildman–Crippen LogP) is 14.6. The summed E-state index contributed by atoms with van der Waals surface area (Å²) < 4.78 is 0. The quantitative estimate of drug-likeness (QED) is 0.155. The van der Waals surface area contributed by atoms with Crippen molar-refractivity contribution in [2.45, 2.75) is 0 Å². The molecule has 0 spiro atoms. The average molecular weight is 676 g/mol. The number of hydrogen-bond acceptors (Lipinski definition) is 1. The van der Waals surface area contributed by atoms with E-state index in [0.717, 1.165) is 17.1 Å². The van der Waals surface area contributed by atoms with Gasteiger partial charge in [-0.05, 0) is 115 Å². The van der Waals surface area contributed by atoms with Gasteiger partial charge in [0.2, 0.25) is 0 Å². The van der Waals surface area contributed by atoms with Crippen molar-refractivity contribution in [2.75, 3.05) is 4.90 Å². The third-order valence-corrected chi connectivity index (χ3v) is 10.1. The van der Waals surface area contributed by atoms with E-state index in [1.807, 2.05) is 0 Å². The fourth-order valence-corrected chi connectivity index (χ4v) is 7.35. The Morgan fingerprint density at radius 3 is 1.26 bits per heavy atom. The van der Waals surface area contributed by atoms with E-state index in [1.54, 1.807) is 0 Å². The van der Waals surface area contributed by atoms with Crippen LogP contribution in [0, 0.1) is 0 Å². The molecule has 0 aliphatic heterocycles. The molecule has 1 nitrogen and oxygen atoms in total. The van der Waals surface area contributed by atoms with E-state index in [1.165, 1.54) is 66.4 Å². The number of anilines is 3. The molecule has 0 atom stereocenters. The highest BCUT2D eigenvalue weighted by Gasteiger charge is 2.16. The maximum absolute atomic E-state index is 2.36. The topological polar surface area (TPSA) is 3.24 Å². The van der Waals surface area contributed by atoms with E-state index in [4.69, 9.17) is 0 Å². The molecule has 9 aromatic rings. The lowest BCUT2D eigenvalue weighted by Crippen LogP contribution is -2.10. The molecule has 9 aromatic carbocycles. The van der Waals surface area contributed by atoms with Gasteiger partial charge in [-0.15, -0.1) is 0 Å². The molecule has 53 heavy (non-hydrogen) atoms. The van der Waals surface area contributed by atoms with Crippen LogP contribution in [0.25, 0.3) is 66.4 Å². The molecule has 0 amide bonds. The van der Waals surface area contributed by atoms with Gasteiger partial charge in [0.05, 0.1) is 0 Å². The molecule has 250 valence electrons. The summed E-state index contributed by atoms with van der Waals surface area (Å²) in [7, 11) is 0. The van der Waals surface area contributed by atoms with Crippen LogP contribution in [-0.4, -0.2) is 0 Å². The van der Waals surface area contributed by atoms with E-state index >= 15 is 0 Å². The van der Waals surface area contributed by atoms with Crippen molar-refractivity contribution < 1.29 is 0 Å². The van der Waals surface area contributed by atoms with E-state index in [2.05, 4.69) is 229 Å². The Morgan fingerprint density at radius 2 is 0.623 bits per heavy atom. The molecule has 0 saturated carbocycles. The van der Waals surface area contributed by atoms with Gasteiger partial charge < -0.3 is 4.90 Å². The zero-order chi connectivity index (χ0) is 35.4. The van der Waals surface area contributed by atoms with Gasteiger partial charge in [-0.3, -0.25) is 0 Å². The SMILES string of the molecule is c1ccc(-c2cccc(-c3ccc(N(c4ccc(-c5ccccc5-c5ccccc5)cc4)c4cccc(-c5ccc6ccccc6c5)c4)cc3)c2)cc1. The Kier molecular flexibility index (Phi) is 8.66. The summed E-state index contributed by atoms with van der Waals surface area (Å²) in [5, 5.41) is 2.49. The smallest absolute Gasteiger partial charge is 0.0467 e. The zero-order valence-corrected chi connectivity index (χ0v) is 29.3. The highest BCUT2D eigenvalue weighted by molar-refractivity contribution is 5.89. The van der Waals surface area contributed by atoms with Crippen LogP contribution in [0.4, 0.5) is 17.1 Å². The van der Waals surface area contributed by atoms with Gasteiger partial charge in [0, 0.05) is 17.1 Å². The monoisotopic (exact) mass is 675 g/mol. The number of fused-ring (bicyclic) bond motifs is 1. The Bertz CT molecular complexity index is 2640. The summed E-state index contributed by atoms with van der Waals surface area (Å²) in [5.74, 6) is 0. The molecule has 0 heterocycles. The van der Waals surface area contributed by atoms with Crippen LogP contribution >= 0.6 is 0 Å². The van der Waals surface area contributed by atoms with E-state index in [-0.39, 0.29) is 0 Å². The lowest BCUT2D eigenvalue weighted by atomic mass is 9.94. The number of hydrogen-bond donors (Lipinski definition) is 0. The van der Waals surface area contributed by atoms with Crippen LogP contribution in [0.1, 0.15) is 0 Å². The number of nitrogens with zero attached hydrogens (tertiary/aromatic N) is 1. The van der Waals surface area contributed by atoms with Crippen molar-refractivity contribution in [3.05, 3.63) is 224 Å². The van der Waals surface area contributed by atoms with Gasteiger partial charge in [-0.25, -0.2) is 0 Å². The molecule has 0 N–H and O–H groups in total. The third kappa shape index (κ3) is 6.65. The van der Waals surface area contributed by atoms with Crippen molar-refractivity contribution in [1.82, 2.24) is 0 Å². The minimum Gasteiger partial charge on any atom is -0.310 e.